The zero-order valence-electron chi connectivity index (χ0n) is 19.8. The summed E-state index contributed by atoms with van der Waals surface area (Å²) in [6.07, 6.45) is 3.69. The number of hydrogen-bond donors (Lipinski definition) is 1. The van der Waals surface area contributed by atoms with Crippen molar-refractivity contribution >= 4 is 5.69 Å². The summed E-state index contributed by atoms with van der Waals surface area (Å²) >= 11 is 0. The average Bonchev–Trinajstić information content (AvgIpc) is 2.81. The van der Waals surface area contributed by atoms with Crippen molar-refractivity contribution in [1.29, 1.82) is 0 Å². The number of aromatic nitrogens is 2. The van der Waals surface area contributed by atoms with Gasteiger partial charge in [-0.05, 0) is 36.1 Å². The van der Waals surface area contributed by atoms with Crippen LogP contribution in [0.15, 0.2) is 73.1 Å². The van der Waals surface area contributed by atoms with E-state index in [0.717, 1.165) is 34.7 Å². The standard InChI is InChI=1S/2C14H15N2.Pt/c1-11-6-4-5-7-13(11)14-10-12(16(2)3)8-9-15-14;1-11-5-3-4-6-13(11)14-9-12(10-15-2)7-8-16-14;/h4-6,8-10H,1-3H3;3-5,7-9,15H,10H2,1-2H3;/q2*-1;+2. The molecule has 4 rings (SSSR count). The van der Waals surface area contributed by atoms with Gasteiger partial charge in [-0.3, -0.25) is 0 Å². The van der Waals surface area contributed by atoms with E-state index >= 15 is 0 Å². The van der Waals surface area contributed by atoms with E-state index in [1.54, 1.807) is 0 Å². The number of anilines is 1. The quantitative estimate of drug-likeness (QED) is 0.301. The molecule has 0 bridgehead atoms. The molecule has 2 aromatic carbocycles. The summed E-state index contributed by atoms with van der Waals surface area (Å²) in [5.74, 6) is 0. The summed E-state index contributed by atoms with van der Waals surface area (Å²) in [6, 6.07) is 26.7. The SMILES string of the molecule is CNCc1ccnc(-c2[c-]cccc2C)c1.Cc1ccc[c-]c1-c1cc(N(C)C)ccn1.[Pt+2]. The molecular formula is C28H30N4Pt. The van der Waals surface area contributed by atoms with E-state index < -0.39 is 0 Å². The fourth-order valence-electron chi connectivity index (χ4n) is 3.35. The van der Waals surface area contributed by atoms with Gasteiger partial charge in [-0.15, -0.1) is 70.8 Å². The van der Waals surface area contributed by atoms with Crippen molar-refractivity contribution in [2.75, 3.05) is 26.0 Å². The second-order valence-electron chi connectivity index (χ2n) is 7.83. The Hall–Kier alpha value is -2.81. The molecule has 0 saturated heterocycles. The van der Waals surface area contributed by atoms with Gasteiger partial charge >= 0.3 is 21.1 Å². The minimum atomic E-state index is 0. The van der Waals surface area contributed by atoms with Gasteiger partial charge in [-0.2, -0.15) is 0 Å². The molecule has 0 saturated carbocycles. The molecule has 33 heavy (non-hydrogen) atoms. The smallest absolute Gasteiger partial charge is 0.378 e. The topological polar surface area (TPSA) is 41.1 Å². The van der Waals surface area contributed by atoms with E-state index in [1.807, 2.05) is 69.9 Å². The van der Waals surface area contributed by atoms with Gasteiger partial charge in [-0.25, -0.2) is 0 Å². The van der Waals surface area contributed by atoms with Gasteiger partial charge in [0.05, 0.1) is 0 Å². The minimum absolute atomic E-state index is 0. The molecule has 0 atom stereocenters. The molecule has 0 aliphatic rings. The molecule has 0 amide bonds. The zero-order valence-corrected chi connectivity index (χ0v) is 22.1. The van der Waals surface area contributed by atoms with Crippen LogP contribution in [0, 0.1) is 26.0 Å². The van der Waals surface area contributed by atoms with Gasteiger partial charge in [-0.1, -0.05) is 26.0 Å². The van der Waals surface area contributed by atoms with Crippen LogP contribution in [0.25, 0.3) is 22.5 Å². The maximum atomic E-state index is 4.39. The molecular weight excluding hydrogens is 587 g/mol. The Morgan fingerprint density at radius 2 is 1.36 bits per heavy atom. The Bertz CT molecular complexity index is 1160. The van der Waals surface area contributed by atoms with Crippen molar-refractivity contribution in [2.45, 2.75) is 20.4 Å². The molecule has 0 aliphatic heterocycles. The van der Waals surface area contributed by atoms with Crippen molar-refractivity contribution in [3.63, 3.8) is 0 Å². The molecule has 0 fully saturated rings. The van der Waals surface area contributed by atoms with E-state index in [2.05, 4.69) is 70.4 Å². The molecule has 0 radical (unpaired) electrons. The van der Waals surface area contributed by atoms with Crippen molar-refractivity contribution < 1.29 is 21.1 Å². The Morgan fingerprint density at radius 1 is 0.818 bits per heavy atom. The molecule has 172 valence electrons. The number of nitrogens with one attached hydrogen (secondary N) is 1. The number of pyridine rings is 2. The van der Waals surface area contributed by atoms with Gasteiger partial charge < -0.3 is 20.2 Å². The Morgan fingerprint density at radius 3 is 1.88 bits per heavy atom. The maximum absolute atomic E-state index is 4.39. The third-order valence-corrected chi connectivity index (χ3v) is 5.11. The van der Waals surface area contributed by atoms with Crippen LogP contribution in [-0.2, 0) is 27.6 Å². The molecule has 0 spiro atoms. The summed E-state index contributed by atoms with van der Waals surface area (Å²) in [6.45, 7) is 5.02. The molecule has 2 aromatic heterocycles. The van der Waals surface area contributed by atoms with Crippen LogP contribution in [-0.4, -0.2) is 31.1 Å². The third-order valence-electron chi connectivity index (χ3n) is 5.11. The third kappa shape index (κ3) is 7.35. The van der Waals surface area contributed by atoms with Crippen LogP contribution >= 0.6 is 0 Å². The normalized spacial score (nSPS) is 9.97. The van der Waals surface area contributed by atoms with Gasteiger partial charge in [0.15, 0.2) is 0 Å². The van der Waals surface area contributed by atoms with Gasteiger partial charge in [0.2, 0.25) is 0 Å². The molecule has 0 unspecified atom stereocenters. The van der Waals surface area contributed by atoms with Gasteiger partial charge in [0, 0.05) is 38.7 Å². The first-order valence-electron chi connectivity index (χ1n) is 10.7. The molecule has 1 N–H and O–H groups in total. The van der Waals surface area contributed by atoms with Gasteiger partial charge in [0.1, 0.15) is 0 Å². The van der Waals surface area contributed by atoms with E-state index in [4.69, 9.17) is 0 Å². The molecule has 4 nitrogen and oxygen atoms in total. The summed E-state index contributed by atoms with van der Waals surface area (Å²) in [4.78, 5) is 10.9. The number of rotatable bonds is 5. The fraction of sp³-hybridized carbons (Fsp3) is 0.214. The Balaban J connectivity index is 0.000000227. The monoisotopic (exact) mass is 617 g/mol. The van der Waals surface area contributed by atoms with Crippen molar-refractivity contribution in [3.05, 3.63) is 102 Å². The van der Waals surface area contributed by atoms with E-state index in [0.29, 0.717) is 0 Å². The van der Waals surface area contributed by atoms with Crippen molar-refractivity contribution in [3.8, 4) is 22.5 Å². The van der Waals surface area contributed by atoms with E-state index in [-0.39, 0.29) is 21.1 Å². The van der Waals surface area contributed by atoms with E-state index in [1.165, 1.54) is 16.7 Å². The molecule has 4 aromatic rings. The zero-order chi connectivity index (χ0) is 22.9. The maximum Gasteiger partial charge on any atom is 2.00 e. The van der Waals surface area contributed by atoms with Gasteiger partial charge in [0.25, 0.3) is 0 Å². The number of aryl methyl sites for hydroxylation is 2. The summed E-state index contributed by atoms with van der Waals surface area (Å²) in [5.41, 5.74) is 8.93. The van der Waals surface area contributed by atoms with Crippen LogP contribution in [0.1, 0.15) is 16.7 Å². The fourth-order valence-corrected chi connectivity index (χ4v) is 3.35. The first-order chi connectivity index (χ1) is 15.5. The van der Waals surface area contributed by atoms with Crippen molar-refractivity contribution in [2.24, 2.45) is 0 Å². The van der Waals surface area contributed by atoms with E-state index in [9.17, 15) is 0 Å². The largest absolute Gasteiger partial charge is 2.00 e. The van der Waals surface area contributed by atoms with Crippen LogP contribution in [0.5, 0.6) is 0 Å². The van der Waals surface area contributed by atoms with Crippen molar-refractivity contribution in [1.82, 2.24) is 15.3 Å². The Labute approximate surface area is 212 Å². The number of hydrogen-bond acceptors (Lipinski definition) is 4. The van der Waals surface area contributed by atoms with Crippen LogP contribution in [0.3, 0.4) is 0 Å². The summed E-state index contributed by atoms with van der Waals surface area (Å²) in [5, 5.41) is 3.14. The molecule has 0 aliphatic carbocycles. The Kier molecular flexibility index (Phi) is 10.4. The molecule has 5 heteroatoms. The first kappa shape index (κ1) is 26.4. The average molecular weight is 618 g/mol. The minimum Gasteiger partial charge on any atom is -0.378 e. The summed E-state index contributed by atoms with van der Waals surface area (Å²) < 4.78 is 0. The predicted octanol–water partition coefficient (Wildman–Crippen LogP) is 5.50. The first-order valence-corrected chi connectivity index (χ1v) is 10.7. The number of nitrogens with zero attached hydrogens (tertiary/aromatic N) is 3. The number of benzene rings is 2. The second kappa shape index (κ2) is 13.0. The van der Waals surface area contributed by atoms with Crippen LogP contribution in [0.4, 0.5) is 5.69 Å². The van der Waals surface area contributed by atoms with Crippen LogP contribution in [0.2, 0.25) is 0 Å². The predicted molar refractivity (Wildman–Crippen MR) is 134 cm³/mol. The molecule has 2 heterocycles. The summed E-state index contributed by atoms with van der Waals surface area (Å²) in [7, 11) is 6.00. The van der Waals surface area contributed by atoms with Crippen LogP contribution < -0.4 is 10.2 Å². The second-order valence-corrected chi connectivity index (χ2v) is 7.83.